The van der Waals surface area contributed by atoms with Gasteiger partial charge in [-0.1, -0.05) is 23.2 Å². The molecule has 108 valence electrons. The number of rotatable bonds is 6. The van der Waals surface area contributed by atoms with E-state index in [2.05, 4.69) is 5.32 Å². The quantitative estimate of drug-likeness (QED) is 0.640. The van der Waals surface area contributed by atoms with Crippen molar-refractivity contribution in [2.45, 2.75) is 32.2 Å². The van der Waals surface area contributed by atoms with Crippen molar-refractivity contribution in [2.75, 3.05) is 14.2 Å². The molecule has 2 unspecified atom stereocenters. The van der Waals surface area contributed by atoms with Gasteiger partial charge in [-0.15, -0.1) is 0 Å². The third-order valence-corrected chi connectivity index (χ3v) is 3.51. The molecule has 0 saturated carbocycles. The molecule has 0 aliphatic carbocycles. The number of benzene rings is 1. The Labute approximate surface area is 123 Å². The standard InChI is InChI=1S/C13H18Cl2FNO2/c1-7(17-8(2)13(18-3)19-4)9-5-12(16)11(15)6-10(9)14/h5-8,13,17H,1-4H3. The molecule has 0 aliphatic heterocycles. The summed E-state index contributed by atoms with van der Waals surface area (Å²) in [6, 6.07) is 2.49. The van der Waals surface area contributed by atoms with Crippen LogP contribution in [-0.2, 0) is 9.47 Å². The number of hydrogen-bond acceptors (Lipinski definition) is 3. The van der Waals surface area contributed by atoms with Crippen molar-refractivity contribution < 1.29 is 13.9 Å². The van der Waals surface area contributed by atoms with Crippen LogP contribution in [-0.4, -0.2) is 26.6 Å². The Bertz CT molecular complexity index is 427. The van der Waals surface area contributed by atoms with Gasteiger partial charge in [0.2, 0.25) is 0 Å². The Morgan fingerprint density at radius 1 is 1.11 bits per heavy atom. The third-order valence-electron chi connectivity index (χ3n) is 2.89. The second-order valence-electron chi connectivity index (χ2n) is 4.30. The number of methoxy groups -OCH3 is 2. The average molecular weight is 310 g/mol. The molecule has 1 rings (SSSR count). The molecule has 6 heteroatoms. The lowest BCUT2D eigenvalue weighted by Crippen LogP contribution is -2.40. The first kappa shape index (κ1) is 16.7. The molecule has 0 saturated heterocycles. The molecule has 1 aromatic rings. The highest BCUT2D eigenvalue weighted by Gasteiger charge is 2.20. The lowest BCUT2D eigenvalue weighted by molar-refractivity contribution is -0.120. The Kier molecular flexibility index (Phi) is 6.50. The highest BCUT2D eigenvalue weighted by molar-refractivity contribution is 6.35. The van der Waals surface area contributed by atoms with E-state index in [0.717, 1.165) is 0 Å². The van der Waals surface area contributed by atoms with E-state index in [1.165, 1.54) is 12.1 Å². The topological polar surface area (TPSA) is 30.5 Å². The van der Waals surface area contributed by atoms with Crippen LogP contribution in [0.15, 0.2) is 12.1 Å². The Hall–Kier alpha value is -0.390. The molecule has 1 N–H and O–H groups in total. The molecule has 0 amide bonds. The monoisotopic (exact) mass is 309 g/mol. The van der Waals surface area contributed by atoms with Crippen LogP contribution in [0.5, 0.6) is 0 Å². The van der Waals surface area contributed by atoms with Crippen LogP contribution < -0.4 is 5.32 Å². The van der Waals surface area contributed by atoms with Crippen molar-refractivity contribution in [2.24, 2.45) is 0 Å². The zero-order valence-electron chi connectivity index (χ0n) is 11.3. The predicted octanol–water partition coefficient (Wildman–Crippen LogP) is 3.79. The summed E-state index contributed by atoms with van der Waals surface area (Å²) in [4.78, 5) is 0. The molecular weight excluding hydrogens is 292 g/mol. The number of hydrogen-bond donors (Lipinski definition) is 1. The molecule has 0 heterocycles. The van der Waals surface area contributed by atoms with E-state index < -0.39 is 12.1 Å². The van der Waals surface area contributed by atoms with Gasteiger partial charge in [-0.25, -0.2) is 4.39 Å². The van der Waals surface area contributed by atoms with Gasteiger partial charge in [0.25, 0.3) is 0 Å². The molecule has 1 aromatic carbocycles. The maximum absolute atomic E-state index is 13.5. The summed E-state index contributed by atoms with van der Waals surface area (Å²) in [5.41, 5.74) is 0.640. The first-order valence-corrected chi connectivity index (χ1v) is 6.62. The van der Waals surface area contributed by atoms with E-state index in [1.807, 2.05) is 13.8 Å². The SMILES string of the molecule is COC(OC)C(C)NC(C)c1cc(F)c(Cl)cc1Cl. The minimum Gasteiger partial charge on any atom is -0.354 e. The van der Waals surface area contributed by atoms with Gasteiger partial charge in [-0.05, 0) is 31.5 Å². The van der Waals surface area contributed by atoms with Crippen molar-refractivity contribution in [1.82, 2.24) is 5.32 Å². The van der Waals surface area contributed by atoms with E-state index in [0.29, 0.717) is 10.6 Å². The van der Waals surface area contributed by atoms with Crippen LogP contribution in [0.4, 0.5) is 4.39 Å². The Morgan fingerprint density at radius 3 is 2.21 bits per heavy atom. The van der Waals surface area contributed by atoms with E-state index in [1.54, 1.807) is 14.2 Å². The first-order chi connectivity index (χ1) is 8.90. The molecule has 2 atom stereocenters. The molecule has 0 radical (unpaired) electrons. The fourth-order valence-electron chi connectivity index (χ4n) is 1.94. The maximum Gasteiger partial charge on any atom is 0.171 e. The van der Waals surface area contributed by atoms with Gasteiger partial charge in [-0.3, -0.25) is 0 Å². The Balaban J connectivity index is 2.83. The molecule has 0 spiro atoms. The molecule has 0 bridgehead atoms. The minimum atomic E-state index is -0.489. The lowest BCUT2D eigenvalue weighted by atomic mass is 10.1. The van der Waals surface area contributed by atoms with E-state index >= 15 is 0 Å². The van der Waals surface area contributed by atoms with Crippen molar-refractivity contribution >= 4 is 23.2 Å². The predicted molar refractivity (Wildman–Crippen MR) is 75.2 cm³/mol. The average Bonchev–Trinajstić information content (AvgIpc) is 2.35. The summed E-state index contributed by atoms with van der Waals surface area (Å²) in [5, 5.41) is 3.68. The summed E-state index contributed by atoms with van der Waals surface area (Å²) in [7, 11) is 3.12. The van der Waals surface area contributed by atoms with Crippen LogP contribution in [0, 0.1) is 5.82 Å². The number of nitrogens with one attached hydrogen (secondary N) is 1. The highest BCUT2D eigenvalue weighted by Crippen LogP contribution is 2.29. The van der Waals surface area contributed by atoms with Crippen molar-refractivity contribution in [3.05, 3.63) is 33.6 Å². The second-order valence-corrected chi connectivity index (χ2v) is 5.12. The van der Waals surface area contributed by atoms with Gasteiger partial charge in [-0.2, -0.15) is 0 Å². The van der Waals surface area contributed by atoms with Crippen LogP contribution in [0.25, 0.3) is 0 Å². The van der Waals surface area contributed by atoms with Gasteiger partial charge >= 0.3 is 0 Å². The lowest BCUT2D eigenvalue weighted by Gasteiger charge is -2.26. The van der Waals surface area contributed by atoms with E-state index in [4.69, 9.17) is 32.7 Å². The molecule has 19 heavy (non-hydrogen) atoms. The molecular formula is C13H18Cl2FNO2. The summed E-state index contributed by atoms with van der Waals surface area (Å²) >= 11 is 11.7. The largest absolute Gasteiger partial charge is 0.354 e. The highest BCUT2D eigenvalue weighted by atomic mass is 35.5. The third kappa shape index (κ3) is 4.29. The fraction of sp³-hybridized carbons (Fsp3) is 0.538. The van der Waals surface area contributed by atoms with Gasteiger partial charge in [0, 0.05) is 25.3 Å². The molecule has 3 nitrogen and oxygen atoms in total. The first-order valence-electron chi connectivity index (χ1n) is 5.86. The minimum absolute atomic E-state index is 0.0145. The van der Waals surface area contributed by atoms with Crippen LogP contribution in [0.1, 0.15) is 25.5 Å². The summed E-state index contributed by atoms with van der Waals surface area (Å²) in [5.74, 6) is -0.489. The van der Waals surface area contributed by atoms with Gasteiger partial charge < -0.3 is 14.8 Å². The zero-order chi connectivity index (χ0) is 14.6. The molecule has 0 aliphatic rings. The zero-order valence-corrected chi connectivity index (χ0v) is 12.8. The van der Waals surface area contributed by atoms with Gasteiger partial charge in [0.15, 0.2) is 6.29 Å². The van der Waals surface area contributed by atoms with E-state index in [-0.39, 0.29) is 17.1 Å². The summed E-state index contributed by atoms with van der Waals surface area (Å²) < 4.78 is 23.8. The Morgan fingerprint density at radius 2 is 1.68 bits per heavy atom. The van der Waals surface area contributed by atoms with Crippen molar-refractivity contribution in [3.63, 3.8) is 0 Å². The molecule has 0 fully saturated rings. The van der Waals surface area contributed by atoms with Crippen LogP contribution in [0.2, 0.25) is 10.0 Å². The summed E-state index contributed by atoms with van der Waals surface area (Å²) in [6.45, 7) is 3.79. The van der Waals surface area contributed by atoms with Gasteiger partial charge in [0.05, 0.1) is 11.1 Å². The summed E-state index contributed by atoms with van der Waals surface area (Å²) in [6.07, 6.45) is -0.390. The van der Waals surface area contributed by atoms with E-state index in [9.17, 15) is 4.39 Å². The van der Waals surface area contributed by atoms with Crippen LogP contribution >= 0.6 is 23.2 Å². The maximum atomic E-state index is 13.5. The second kappa shape index (κ2) is 7.41. The van der Waals surface area contributed by atoms with Crippen molar-refractivity contribution in [1.29, 1.82) is 0 Å². The van der Waals surface area contributed by atoms with Crippen LogP contribution in [0.3, 0.4) is 0 Å². The van der Waals surface area contributed by atoms with Crippen molar-refractivity contribution in [3.8, 4) is 0 Å². The number of ether oxygens (including phenoxy) is 2. The smallest absolute Gasteiger partial charge is 0.171 e. The number of halogens is 3. The normalized spacial score (nSPS) is 14.7. The van der Waals surface area contributed by atoms with Gasteiger partial charge in [0.1, 0.15) is 5.82 Å². The molecule has 0 aromatic heterocycles. The fourth-order valence-corrected chi connectivity index (χ4v) is 2.48.